The van der Waals surface area contributed by atoms with Gasteiger partial charge in [0.1, 0.15) is 0 Å². The van der Waals surface area contributed by atoms with Crippen LogP contribution >= 0.6 is 11.6 Å². The highest BCUT2D eigenvalue weighted by Crippen LogP contribution is 2.35. The van der Waals surface area contributed by atoms with Crippen molar-refractivity contribution < 1.29 is 14.6 Å². The Hall–Kier alpha value is -1.32. The first-order chi connectivity index (χ1) is 8.39. The van der Waals surface area contributed by atoms with Crippen LogP contribution in [0.2, 0.25) is 5.02 Å². The van der Waals surface area contributed by atoms with Crippen molar-refractivity contribution in [3.05, 3.63) is 40.4 Å². The Balaban J connectivity index is 2.47. The molecule has 0 aromatic heterocycles. The SMILES string of the molecule is CC1(C)CC(c2ccc(Cl)cc2)=C(C(=O)O)CO1. The zero-order valence-corrected chi connectivity index (χ0v) is 11.1. The summed E-state index contributed by atoms with van der Waals surface area (Å²) in [7, 11) is 0. The summed E-state index contributed by atoms with van der Waals surface area (Å²) < 4.78 is 5.55. The van der Waals surface area contributed by atoms with Crippen molar-refractivity contribution in [1.29, 1.82) is 0 Å². The molecule has 0 unspecified atom stereocenters. The van der Waals surface area contributed by atoms with Gasteiger partial charge in [0, 0.05) is 11.4 Å². The van der Waals surface area contributed by atoms with E-state index in [4.69, 9.17) is 16.3 Å². The number of ether oxygens (including phenoxy) is 1. The lowest BCUT2D eigenvalue weighted by molar-refractivity contribution is -0.134. The Bertz CT molecular complexity index is 500. The molecule has 1 aromatic rings. The molecule has 0 bridgehead atoms. The average molecular weight is 267 g/mol. The van der Waals surface area contributed by atoms with E-state index in [1.807, 2.05) is 26.0 Å². The van der Waals surface area contributed by atoms with E-state index in [0.717, 1.165) is 11.1 Å². The number of carbonyl (C=O) groups is 1. The molecule has 0 fully saturated rings. The monoisotopic (exact) mass is 266 g/mol. The Morgan fingerprint density at radius 1 is 1.33 bits per heavy atom. The van der Waals surface area contributed by atoms with Crippen LogP contribution in [0.5, 0.6) is 0 Å². The highest BCUT2D eigenvalue weighted by molar-refractivity contribution is 6.30. The normalized spacial score (nSPS) is 18.8. The van der Waals surface area contributed by atoms with Crippen LogP contribution in [0.15, 0.2) is 29.8 Å². The van der Waals surface area contributed by atoms with Gasteiger partial charge in [-0.1, -0.05) is 23.7 Å². The minimum atomic E-state index is -0.921. The third kappa shape index (κ3) is 2.74. The van der Waals surface area contributed by atoms with Gasteiger partial charge in [-0.3, -0.25) is 0 Å². The first kappa shape index (κ1) is 13.1. The van der Waals surface area contributed by atoms with Crippen LogP contribution < -0.4 is 0 Å². The van der Waals surface area contributed by atoms with Gasteiger partial charge >= 0.3 is 5.97 Å². The van der Waals surface area contributed by atoms with Crippen LogP contribution in [-0.2, 0) is 9.53 Å². The van der Waals surface area contributed by atoms with E-state index in [2.05, 4.69) is 0 Å². The fourth-order valence-electron chi connectivity index (χ4n) is 2.06. The number of rotatable bonds is 2. The number of benzene rings is 1. The molecule has 4 heteroatoms. The lowest BCUT2D eigenvalue weighted by atomic mass is 9.87. The maximum absolute atomic E-state index is 11.3. The third-order valence-electron chi connectivity index (χ3n) is 3.02. The van der Waals surface area contributed by atoms with Gasteiger partial charge in [-0.05, 0) is 37.1 Å². The van der Waals surface area contributed by atoms with E-state index in [0.29, 0.717) is 17.0 Å². The Morgan fingerprint density at radius 2 is 1.94 bits per heavy atom. The second-order valence-corrected chi connectivity index (χ2v) is 5.43. The van der Waals surface area contributed by atoms with E-state index in [9.17, 15) is 9.90 Å². The molecule has 1 heterocycles. The summed E-state index contributed by atoms with van der Waals surface area (Å²) in [6.07, 6.45) is 0.580. The smallest absolute Gasteiger partial charge is 0.334 e. The van der Waals surface area contributed by atoms with Gasteiger partial charge in [0.05, 0.1) is 17.8 Å². The number of aliphatic carboxylic acids is 1. The minimum absolute atomic E-state index is 0.139. The molecular weight excluding hydrogens is 252 g/mol. The lowest BCUT2D eigenvalue weighted by Gasteiger charge is -2.32. The minimum Gasteiger partial charge on any atom is -0.478 e. The fourth-order valence-corrected chi connectivity index (χ4v) is 2.18. The van der Waals surface area contributed by atoms with Crippen LogP contribution in [0.3, 0.4) is 0 Å². The summed E-state index contributed by atoms with van der Waals surface area (Å²) in [5.41, 5.74) is 1.72. The fraction of sp³-hybridized carbons (Fsp3) is 0.357. The number of hydrogen-bond acceptors (Lipinski definition) is 2. The zero-order valence-electron chi connectivity index (χ0n) is 10.4. The molecule has 1 aliphatic rings. The summed E-state index contributed by atoms with van der Waals surface area (Å²) in [5.74, 6) is -0.921. The van der Waals surface area contributed by atoms with Crippen LogP contribution in [-0.4, -0.2) is 23.3 Å². The number of carboxylic acids is 1. The van der Waals surface area contributed by atoms with Gasteiger partial charge < -0.3 is 9.84 Å². The van der Waals surface area contributed by atoms with Gasteiger partial charge in [-0.2, -0.15) is 0 Å². The molecule has 96 valence electrons. The predicted octanol–water partition coefficient (Wildman–Crippen LogP) is 3.38. The van der Waals surface area contributed by atoms with E-state index in [-0.39, 0.29) is 12.2 Å². The molecule has 3 nitrogen and oxygen atoms in total. The second kappa shape index (κ2) is 4.75. The van der Waals surface area contributed by atoms with E-state index >= 15 is 0 Å². The van der Waals surface area contributed by atoms with Crippen LogP contribution in [0.4, 0.5) is 0 Å². The molecule has 0 radical (unpaired) electrons. The average Bonchev–Trinajstić information content (AvgIpc) is 2.28. The van der Waals surface area contributed by atoms with Gasteiger partial charge in [-0.25, -0.2) is 4.79 Å². The summed E-state index contributed by atoms with van der Waals surface area (Å²) >= 11 is 5.85. The van der Waals surface area contributed by atoms with Crippen LogP contribution in [0.25, 0.3) is 5.57 Å². The van der Waals surface area contributed by atoms with Gasteiger partial charge in [0.25, 0.3) is 0 Å². The van der Waals surface area contributed by atoms with Gasteiger partial charge in [0.2, 0.25) is 0 Å². The molecular formula is C14H15ClO3. The maximum Gasteiger partial charge on any atom is 0.334 e. The largest absolute Gasteiger partial charge is 0.478 e. The molecule has 18 heavy (non-hydrogen) atoms. The summed E-state index contributed by atoms with van der Waals surface area (Å²) in [4.78, 5) is 11.3. The molecule has 1 N–H and O–H groups in total. The lowest BCUT2D eigenvalue weighted by Crippen LogP contribution is -2.32. The molecule has 2 rings (SSSR count). The Morgan fingerprint density at radius 3 is 2.50 bits per heavy atom. The van der Waals surface area contributed by atoms with E-state index in [1.165, 1.54) is 0 Å². The molecule has 0 atom stereocenters. The zero-order chi connectivity index (χ0) is 13.3. The molecule has 0 spiro atoms. The highest BCUT2D eigenvalue weighted by atomic mass is 35.5. The van der Waals surface area contributed by atoms with Crippen molar-refractivity contribution in [2.45, 2.75) is 25.9 Å². The van der Waals surface area contributed by atoms with Crippen molar-refractivity contribution in [2.75, 3.05) is 6.61 Å². The first-order valence-corrected chi connectivity index (χ1v) is 6.12. The van der Waals surface area contributed by atoms with Crippen molar-refractivity contribution in [3.63, 3.8) is 0 Å². The first-order valence-electron chi connectivity index (χ1n) is 5.74. The predicted molar refractivity (Wildman–Crippen MR) is 70.7 cm³/mol. The molecule has 0 aliphatic carbocycles. The van der Waals surface area contributed by atoms with Crippen molar-refractivity contribution in [3.8, 4) is 0 Å². The summed E-state index contributed by atoms with van der Waals surface area (Å²) in [6.45, 7) is 4.06. The Kier molecular flexibility index (Phi) is 3.46. The highest BCUT2D eigenvalue weighted by Gasteiger charge is 2.31. The van der Waals surface area contributed by atoms with E-state index < -0.39 is 5.97 Å². The van der Waals surface area contributed by atoms with Crippen molar-refractivity contribution in [1.82, 2.24) is 0 Å². The molecule has 0 saturated carbocycles. The van der Waals surface area contributed by atoms with Crippen LogP contribution in [0, 0.1) is 0 Å². The molecule has 0 amide bonds. The topological polar surface area (TPSA) is 46.5 Å². The summed E-state index contributed by atoms with van der Waals surface area (Å²) in [5, 5.41) is 9.87. The summed E-state index contributed by atoms with van der Waals surface area (Å²) in [6, 6.07) is 7.24. The van der Waals surface area contributed by atoms with Gasteiger partial charge in [-0.15, -0.1) is 0 Å². The maximum atomic E-state index is 11.3. The number of halogens is 1. The Labute approximate surface area is 111 Å². The van der Waals surface area contributed by atoms with Crippen LogP contribution in [0.1, 0.15) is 25.8 Å². The quantitative estimate of drug-likeness (QED) is 0.893. The standard InChI is InChI=1S/C14H15ClO3/c1-14(2)7-11(12(8-18-14)13(16)17)9-3-5-10(15)6-4-9/h3-6H,7-8H2,1-2H3,(H,16,17). The second-order valence-electron chi connectivity index (χ2n) is 4.99. The van der Waals surface area contributed by atoms with Crippen molar-refractivity contribution in [2.24, 2.45) is 0 Å². The molecule has 0 saturated heterocycles. The molecule has 1 aliphatic heterocycles. The number of hydrogen-bond donors (Lipinski definition) is 1. The molecule has 1 aromatic carbocycles. The van der Waals surface area contributed by atoms with Crippen molar-refractivity contribution >= 4 is 23.1 Å². The number of carboxylic acid groups (broad SMARTS) is 1. The third-order valence-corrected chi connectivity index (χ3v) is 3.28. The van der Waals surface area contributed by atoms with Gasteiger partial charge in [0.15, 0.2) is 0 Å². The van der Waals surface area contributed by atoms with E-state index in [1.54, 1.807) is 12.1 Å².